The van der Waals surface area contributed by atoms with Crippen molar-refractivity contribution in [3.8, 4) is 5.75 Å². The summed E-state index contributed by atoms with van der Waals surface area (Å²) in [7, 11) is 1.51. The van der Waals surface area contributed by atoms with Gasteiger partial charge in [0.15, 0.2) is 0 Å². The summed E-state index contributed by atoms with van der Waals surface area (Å²) >= 11 is 7.55. The van der Waals surface area contributed by atoms with Crippen LogP contribution < -0.4 is 15.4 Å². The van der Waals surface area contributed by atoms with Gasteiger partial charge >= 0.3 is 0 Å². The van der Waals surface area contributed by atoms with Crippen LogP contribution in [0.25, 0.3) is 0 Å². The molecule has 0 spiro atoms. The molecule has 0 aliphatic rings. The first kappa shape index (κ1) is 22.1. The lowest BCUT2D eigenvalue weighted by Gasteiger charge is -2.22. The van der Waals surface area contributed by atoms with Gasteiger partial charge < -0.3 is 15.4 Å². The molecule has 0 saturated heterocycles. The van der Waals surface area contributed by atoms with Gasteiger partial charge in [0, 0.05) is 5.02 Å². The molecule has 2 amide bonds. The molecule has 0 fully saturated rings. The zero-order valence-corrected chi connectivity index (χ0v) is 17.8. The number of para-hydroxylation sites is 1. The topological polar surface area (TPSA) is 67.4 Å². The second kappa shape index (κ2) is 11.0. The summed E-state index contributed by atoms with van der Waals surface area (Å²) in [4.78, 5) is 25.5. The maximum atomic E-state index is 12.8. The lowest BCUT2D eigenvalue weighted by Crippen LogP contribution is -2.47. The minimum absolute atomic E-state index is 0.204. The Morgan fingerprint density at radius 3 is 2.43 bits per heavy atom. The maximum absolute atomic E-state index is 12.8. The highest BCUT2D eigenvalue weighted by Gasteiger charge is 2.24. The standard InChI is InChI=1S/C21H25ClN2O3S/c1-14(15-8-10-16(22)11-9-15)23-21(26)18(12-13-28-3)24-20(25)17-6-4-5-7-19(17)27-2/h4-11,14,18H,12-13H2,1-3H3,(H,23,26)(H,24,25). The van der Waals surface area contributed by atoms with Gasteiger partial charge in [0.2, 0.25) is 5.91 Å². The van der Waals surface area contributed by atoms with Crippen molar-refractivity contribution in [2.24, 2.45) is 0 Å². The Hall–Kier alpha value is -2.18. The molecule has 2 N–H and O–H groups in total. The van der Waals surface area contributed by atoms with Crippen LogP contribution in [0.5, 0.6) is 5.75 Å². The van der Waals surface area contributed by atoms with Crippen LogP contribution in [0.15, 0.2) is 48.5 Å². The van der Waals surface area contributed by atoms with Crippen LogP contribution >= 0.6 is 23.4 Å². The summed E-state index contributed by atoms with van der Waals surface area (Å²) in [5.41, 5.74) is 1.34. The summed E-state index contributed by atoms with van der Waals surface area (Å²) in [5, 5.41) is 6.46. The lowest BCUT2D eigenvalue weighted by atomic mass is 10.1. The van der Waals surface area contributed by atoms with E-state index in [2.05, 4.69) is 10.6 Å². The van der Waals surface area contributed by atoms with Crippen LogP contribution in [0.2, 0.25) is 5.02 Å². The molecule has 2 aromatic rings. The molecule has 5 nitrogen and oxygen atoms in total. The number of methoxy groups -OCH3 is 1. The van der Waals surface area contributed by atoms with Crippen LogP contribution in [0.3, 0.4) is 0 Å². The molecular weight excluding hydrogens is 396 g/mol. The smallest absolute Gasteiger partial charge is 0.255 e. The highest BCUT2D eigenvalue weighted by Crippen LogP contribution is 2.19. The van der Waals surface area contributed by atoms with E-state index in [0.717, 1.165) is 11.3 Å². The van der Waals surface area contributed by atoms with Crippen LogP contribution in [-0.4, -0.2) is 37.0 Å². The molecule has 0 radical (unpaired) electrons. The predicted molar refractivity (Wildman–Crippen MR) is 115 cm³/mol. The van der Waals surface area contributed by atoms with Gasteiger partial charge in [-0.15, -0.1) is 0 Å². The Labute approximate surface area is 175 Å². The Morgan fingerprint density at radius 1 is 1.11 bits per heavy atom. The van der Waals surface area contributed by atoms with E-state index in [0.29, 0.717) is 22.8 Å². The fraction of sp³-hybridized carbons (Fsp3) is 0.333. The SMILES string of the molecule is COc1ccccc1C(=O)NC(CCSC)C(=O)NC(C)c1ccc(Cl)cc1. The van der Waals surface area contributed by atoms with Gasteiger partial charge in [-0.2, -0.15) is 11.8 Å². The van der Waals surface area contributed by atoms with Crippen molar-refractivity contribution in [3.05, 3.63) is 64.7 Å². The molecule has 2 rings (SSSR count). The van der Waals surface area contributed by atoms with Gasteiger partial charge in [0.05, 0.1) is 18.7 Å². The number of hydrogen-bond acceptors (Lipinski definition) is 4. The molecule has 2 aromatic carbocycles. The Bertz CT molecular complexity index is 798. The van der Waals surface area contributed by atoms with Crippen molar-refractivity contribution >= 4 is 35.2 Å². The van der Waals surface area contributed by atoms with E-state index in [-0.39, 0.29) is 17.9 Å². The van der Waals surface area contributed by atoms with Crippen LogP contribution in [0.1, 0.15) is 35.3 Å². The average Bonchev–Trinajstić information content (AvgIpc) is 2.71. The first-order valence-corrected chi connectivity index (χ1v) is 10.7. The van der Waals surface area contributed by atoms with Gasteiger partial charge in [-0.1, -0.05) is 35.9 Å². The van der Waals surface area contributed by atoms with Crippen molar-refractivity contribution in [2.45, 2.75) is 25.4 Å². The summed E-state index contributed by atoms with van der Waals surface area (Å²) in [6.07, 6.45) is 2.49. The molecule has 0 saturated carbocycles. The van der Waals surface area contributed by atoms with Crippen LogP contribution in [0, 0.1) is 0 Å². The monoisotopic (exact) mass is 420 g/mol. The number of amides is 2. The van der Waals surface area contributed by atoms with Crippen LogP contribution in [-0.2, 0) is 4.79 Å². The molecule has 0 bridgehead atoms. The first-order valence-electron chi connectivity index (χ1n) is 8.95. The molecule has 0 aliphatic carbocycles. The lowest BCUT2D eigenvalue weighted by molar-refractivity contribution is -0.123. The molecule has 0 aromatic heterocycles. The number of hydrogen-bond donors (Lipinski definition) is 2. The summed E-state index contributed by atoms with van der Waals surface area (Å²) in [6, 6.07) is 13.4. The second-order valence-electron chi connectivity index (χ2n) is 6.29. The Kier molecular flexibility index (Phi) is 8.67. The molecule has 2 unspecified atom stereocenters. The van der Waals surface area contributed by atoms with Crippen molar-refractivity contribution in [1.82, 2.24) is 10.6 Å². The minimum atomic E-state index is -0.639. The first-order chi connectivity index (χ1) is 13.5. The number of ether oxygens (including phenoxy) is 1. The van der Waals surface area contributed by atoms with Gasteiger partial charge in [-0.3, -0.25) is 9.59 Å². The third-order valence-electron chi connectivity index (χ3n) is 4.31. The molecule has 0 aliphatic heterocycles. The van der Waals surface area contributed by atoms with Crippen molar-refractivity contribution in [1.29, 1.82) is 0 Å². The fourth-order valence-electron chi connectivity index (χ4n) is 2.72. The quantitative estimate of drug-likeness (QED) is 0.641. The molecule has 28 heavy (non-hydrogen) atoms. The molecule has 2 atom stereocenters. The van der Waals surface area contributed by atoms with E-state index in [9.17, 15) is 9.59 Å². The highest BCUT2D eigenvalue weighted by molar-refractivity contribution is 7.98. The van der Waals surface area contributed by atoms with Gasteiger partial charge in [-0.05, 0) is 55.2 Å². The predicted octanol–water partition coefficient (Wildman–Crippen LogP) is 4.08. The van der Waals surface area contributed by atoms with Gasteiger partial charge in [0.1, 0.15) is 11.8 Å². The molecule has 150 valence electrons. The third-order valence-corrected chi connectivity index (χ3v) is 5.21. The molecule has 0 heterocycles. The van der Waals surface area contributed by atoms with Crippen molar-refractivity contribution in [3.63, 3.8) is 0 Å². The number of carbonyl (C=O) groups excluding carboxylic acids is 2. The summed E-state index contributed by atoms with van der Waals surface area (Å²) < 4.78 is 5.25. The zero-order chi connectivity index (χ0) is 20.5. The van der Waals surface area contributed by atoms with Crippen LogP contribution in [0.4, 0.5) is 0 Å². The summed E-state index contributed by atoms with van der Waals surface area (Å²) in [6.45, 7) is 1.90. The fourth-order valence-corrected chi connectivity index (χ4v) is 3.32. The molecule has 7 heteroatoms. The zero-order valence-electron chi connectivity index (χ0n) is 16.2. The summed E-state index contributed by atoms with van der Waals surface area (Å²) in [5.74, 6) is 0.663. The Balaban J connectivity index is 2.09. The maximum Gasteiger partial charge on any atom is 0.255 e. The van der Waals surface area contributed by atoms with E-state index in [1.165, 1.54) is 7.11 Å². The number of thioether (sulfide) groups is 1. The van der Waals surface area contributed by atoms with E-state index >= 15 is 0 Å². The number of benzene rings is 2. The Morgan fingerprint density at radius 2 is 1.79 bits per heavy atom. The van der Waals surface area contributed by atoms with Crippen molar-refractivity contribution < 1.29 is 14.3 Å². The number of rotatable bonds is 9. The average molecular weight is 421 g/mol. The normalized spacial score (nSPS) is 12.7. The van der Waals surface area contributed by atoms with Crippen molar-refractivity contribution in [2.75, 3.05) is 19.1 Å². The minimum Gasteiger partial charge on any atom is -0.496 e. The van der Waals surface area contributed by atoms with E-state index < -0.39 is 6.04 Å². The number of halogens is 1. The largest absolute Gasteiger partial charge is 0.496 e. The van der Waals surface area contributed by atoms with Gasteiger partial charge in [0.25, 0.3) is 5.91 Å². The van der Waals surface area contributed by atoms with E-state index in [1.807, 2.05) is 25.3 Å². The highest BCUT2D eigenvalue weighted by atomic mass is 35.5. The number of nitrogens with one attached hydrogen (secondary N) is 2. The second-order valence-corrected chi connectivity index (χ2v) is 7.71. The third kappa shape index (κ3) is 6.17. The molecular formula is C21H25ClN2O3S. The van der Waals surface area contributed by atoms with E-state index in [1.54, 1.807) is 48.2 Å². The number of carbonyl (C=O) groups is 2. The van der Waals surface area contributed by atoms with Gasteiger partial charge in [-0.25, -0.2) is 0 Å². The van der Waals surface area contributed by atoms with E-state index in [4.69, 9.17) is 16.3 Å².